The van der Waals surface area contributed by atoms with Gasteiger partial charge in [0.2, 0.25) is 5.75 Å². The summed E-state index contributed by atoms with van der Waals surface area (Å²) in [5.41, 5.74) is 1.13. The number of nitrogens with zero attached hydrogens (tertiary/aromatic N) is 1. The summed E-state index contributed by atoms with van der Waals surface area (Å²) in [6.07, 6.45) is 1.51. The van der Waals surface area contributed by atoms with Gasteiger partial charge in [0.1, 0.15) is 5.82 Å². The summed E-state index contributed by atoms with van der Waals surface area (Å²) in [5, 5.41) is 4.82. The van der Waals surface area contributed by atoms with Gasteiger partial charge in [-0.3, -0.25) is 0 Å². The monoisotopic (exact) mass is 382 g/mol. The van der Waals surface area contributed by atoms with E-state index in [0.717, 1.165) is 10.8 Å². The van der Waals surface area contributed by atoms with Crippen molar-refractivity contribution in [1.82, 2.24) is 4.98 Å². The molecule has 0 amide bonds. The van der Waals surface area contributed by atoms with Crippen LogP contribution < -0.4 is 19.5 Å². The van der Waals surface area contributed by atoms with Gasteiger partial charge in [0.25, 0.3) is 0 Å². The largest absolute Gasteiger partial charge is 0.493 e. The van der Waals surface area contributed by atoms with Gasteiger partial charge in [-0.15, -0.1) is 0 Å². The highest BCUT2D eigenvalue weighted by molar-refractivity contribution is 6.07. The zero-order chi connectivity index (χ0) is 20.1. The highest BCUT2D eigenvalue weighted by atomic mass is 16.5. The van der Waals surface area contributed by atoms with Crippen LogP contribution in [0.4, 0.5) is 11.5 Å². The summed E-state index contributed by atoms with van der Waals surface area (Å²) in [6, 6.07) is 11.1. The molecule has 3 rings (SSSR count). The van der Waals surface area contributed by atoms with Crippen LogP contribution in [0.1, 0.15) is 17.3 Å². The molecule has 0 fully saturated rings. The van der Waals surface area contributed by atoms with E-state index in [2.05, 4.69) is 10.3 Å². The van der Waals surface area contributed by atoms with Gasteiger partial charge in [-0.25, -0.2) is 9.78 Å². The molecular formula is C21H22N2O5. The molecule has 3 aromatic rings. The topological polar surface area (TPSA) is 78.9 Å². The average molecular weight is 382 g/mol. The summed E-state index contributed by atoms with van der Waals surface area (Å²) in [7, 11) is 4.67. The standard InChI is InChI=1S/C21H22N2O5/c1-5-28-21(24)16-12-22-20(15-9-7-6-8-14(15)16)23-13-10-17(25-2)19(27-4)18(11-13)26-3/h6-12H,5H2,1-4H3,(H,22,23). The van der Waals surface area contributed by atoms with Crippen LogP contribution in [-0.4, -0.2) is 38.9 Å². The van der Waals surface area contributed by atoms with E-state index < -0.39 is 5.97 Å². The fraction of sp³-hybridized carbons (Fsp3) is 0.238. The Bertz CT molecular complexity index is 978. The first-order chi connectivity index (χ1) is 13.6. The number of nitrogens with one attached hydrogen (secondary N) is 1. The molecule has 2 aromatic carbocycles. The van der Waals surface area contributed by atoms with Crippen LogP contribution in [0.5, 0.6) is 17.2 Å². The Balaban J connectivity index is 2.06. The molecule has 0 aliphatic rings. The molecule has 1 heterocycles. The lowest BCUT2D eigenvalue weighted by Gasteiger charge is -2.16. The van der Waals surface area contributed by atoms with Crippen molar-refractivity contribution < 1.29 is 23.7 Å². The smallest absolute Gasteiger partial charge is 0.340 e. The van der Waals surface area contributed by atoms with Crippen molar-refractivity contribution >= 4 is 28.2 Å². The van der Waals surface area contributed by atoms with Crippen molar-refractivity contribution in [2.45, 2.75) is 6.92 Å². The fourth-order valence-electron chi connectivity index (χ4n) is 2.95. The van der Waals surface area contributed by atoms with Crippen LogP contribution in [0, 0.1) is 0 Å². The number of benzene rings is 2. The maximum Gasteiger partial charge on any atom is 0.340 e. The Morgan fingerprint density at radius 2 is 1.64 bits per heavy atom. The van der Waals surface area contributed by atoms with E-state index in [1.807, 2.05) is 24.3 Å². The van der Waals surface area contributed by atoms with E-state index >= 15 is 0 Å². The third kappa shape index (κ3) is 3.64. The van der Waals surface area contributed by atoms with Crippen molar-refractivity contribution in [3.05, 3.63) is 48.2 Å². The van der Waals surface area contributed by atoms with E-state index in [1.54, 1.807) is 40.4 Å². The molecule has 0 spiro atoms. The molecular weight excluding hydrogens is 360 g/mol. The second kappa shape index (κ2) is 8.47. The number of aromatic nitrogens is 1. The van der Waals surface area contributed by atoms with Crippen LogP contribution in [0.25, 0.3) is 10.8 Å². The highest BCUT2D eigenvalue weighted by Crippen LogP contribution is 2.41. The number of esters is 1. The maximum absolute atomic E-state index is 12.2. The number of carbonyl (C=O) groups is 1. The molecule has 0 aliphatic heterocycles. The number of carbonyl (C=O) groups excluding carboxylic acids is 1. The molecule has 146 valence electrons. The third-order valence-corrected chi connectivity index (χ3v) is 4.22. The second-order valence-electron chi connectivity index (χ2n) is 5.83. The number of rotatable bonds is 7. The lowest BCUT2D eigenvalue weighted by Crippen LogP contribution is -2.07. The van der Waals surface area contributed by atoms with Gasteiger partial charge in [0.15, 0.2) is 11.5 Å². The normalized spacial score (nSPS) is 10.4. The Morgan fingerprint density at radius 1 is 1.00 bits per heavy atom. The Hall–Kier alpha value is -3.48. The lowest BCUT2D eigenvalue weighted by atomic mass is 10.1. The molecule has 0 atom stereocenters. The van der Waals surface area contributed by atoms with Crippen LogP contribution >= 0.6 is 0 Å². The molecule has 28 heavy (non-hydrogen) atoms. The first-order valence-electron chi connectivity index (χ1n) is 8.74. The first-order valence-corrected chi connectivity index (χ1v) is 8.74. The summed E-state index contributed by atoms with van der Waals surface area (Å²) in [4.78, 5) is 16.7. The van der Waals surface area contributed by atoms with E-state index in [1.165, 1.54) is 6.20 Å². The summed E-state index contributed by atoms with van der Waals surface area (Å²) < 4.78 is 21.3. The molecule has 0 saturated carbocycles. The van der Waals surface area contributed by atoms with E-state index in [4.69, 9.17) is 18.9 Å². The molecule has 0 aliphatic carbocycles. The van der Waals surface area contributed by atoms with E-state index in [0.29, 0.717) is 40.9 Å². The van der Waals surface area contributed by atoms with Crippen molar-refractivity contribution in [2.24, 2.45) is 0 Å². The third-order valence-electron chi connectivity index (χ3n) is 4.22. The molecule has 7 heteroatoms. The van der Waals surface area contributed by atoms with Crippen molar-refractivity contribution in [2.75, 3.05) is 33.3 Å². The molecule has 0 radical (unpaired) electrons. The Labute approximate surface area is 163 Å². The minimum absolute atomic E-state index is 0.304. The minimum Gasteiger partial charge on any atom is -0.493 e. The van der Waals surface area contributed by atoms with Gasteiger partial charge in [-0.1, -0.05) is 24.3 Å². The molecule has 0 bridgehead atoms. The van der Waals surface area contributed by atoms with Gasteiger partial charge >= 0.3 is 5.97 Å². The average Bonchev–Trinajstić information content (AvgIpc) is 2.73. The molecule has 0 unspecified atom stereocenters. The lowest BCUT2D eigenvalue weighted by molar-refractivity contribution is 0.0528. The molecule has 0 saturated heterocycles. The van der Waals surface area contributed by atoms with Gasteiger partial charge < -0.3 is 24.3 Å². The Morgan fingerprint density at radius 3 is 2.21 bits per heavy atom. The second-order valence-corrected chi connectivity index (χ2v) is 5.83. The minimum atomic E-state index is -0.398. The van der Waals surface area contributed by atoms with Gasteiger partial charge in [0.05, 0.1) is 33.5 Å². The SMILES string of the molecule is CCOC(=O)c1cnc(Nc2cc(OC)c(OC)c(OC)c2)c2ccccc12. The van der Waals surface area contributed by atoms with E-state index in [-0.39, 0.29) is 0 Å². The van der Waals surface area contributed by atoms with Gasteiger partial charge in [-0.05, 0) is 6.92 Å². The summed E-state index contributed by atoms with van der Waals surface area (Å²) >= 11 is 0. The number of ether oxygens (including phenoxy) is 4. The summed E-state index contributed by atoms with van der Waals surface area (Å²) in [5.74, 6) is 1.75. The molecule has 7 nitrogen and oxygen atoms in total. The number of methoxy groups -OCH3 is 3. The van der Waals surface area contributed by atoms with Gasteiger partial charge in [0, 0.05) is 34.8 Å². The Kier molecular flexibility index (Phi) is 5.84. The van der Waals surface area contributed by atoms with Crippen molar-refractivity contribution in [3.8, 4) is 17.2 Å². The quantitative estimate of drug-likeness (QED) is 0.614. The number of fused-ring (bicyclic) bond motifs is 1. The van der Waals surface area contributed by atoms with Crippen LogP contribution in [0.2, 0.25) is 0 Å². The maximum atomic E-state index is 12.2. The van der Waals surface area contributed by atoms with Crippen LogP contribution in [-0.2, 0) is 4.74 Å². The number of anilines is 2. The van der Waals surface area contributed by atoms with Crippen molar-refractivity contribution in [3.63, 3.8) is 0 Å². The zero-order valence-electron chi connectivity index (χ0n) is 16.2. The number of pyridine rings is 1. The predicted octanol–water partition coefficient (Wildman–Crippen LogP) is 4.18. The summed E-state index contributed by atoms with van der Waals surface area (Å²) in [6.45, 7) is 2.08. The zero-order valence-corrected chi connectivity index (χ0v) is 16.2. The van der Waals surface area contributed by atoms with Crippen molar-refractivity contribution in [1.29, 1.82) is 0 Å². The fourth-order valence-corrected chi connectivity index (χ4v) is 2.95. The molecule has 1 N–H and O–H groups in total. The van der Waals surface area contributed by atoms with E-state index in [9.17, 15) is 4.79 Å². The predicted molar refractivity (Wildman–Crippen MR) is 107 cm³/mol. The van der Waals surface area contributed by atoms with Crippen LogP contribution in [0.3, 0.4) is 0 Å². The number of hydrogen-bond donors (Lipinski definition) is 1. The molecule has 1 aromatic heterocycles. The first kappa shape index (κ1) is 19.3. The van der Waals surface area contributed by atoms with Gasteiger partial charge in [-0.2, -0.15) is 0 Å². The highest BCUT2D eigenvalue weighted by Gasteiger charge is 2.17. The van der Waals surface area contributed by atoms with Crippen LogP contribution in [0.15, 0.2) is 42.6 Å². The number of hydrogen-bond acceptors (Lipinski definition) is 7.